The van der Waals surface area contributed by atoms with E-state index in [1.54, 1.807) is 0 Å². The fraction of sp³-hybridized carbons (Fsp3) is 0.857. The predicted molar refractivity (Wildman–Crippen MR) is 38.6 cm³/mol. The Balaban J connectivity index is 2.82. The minimum Gasteiger partial charge on any atom is -0.396 e. The Morgan fingerprint density at radius 3 is 2.78 bits per heavy atom. The maximum absolute atomic E-state index is 4.83. The van der Waals surface area contributed by atoms with Crippen molar-refractivity contribution in [1.82, 2.24) is 0 Å². The van der Waals surface area contributed by atoms with Crippen LogP contribution in [0.5, 0.6) is 0 Å². The fourth-order valence-electron chi connectivity index (χ4n) is 0.365. The van der Waals surface area contributed by atoms with E-state index >= 15 is 0 Å². The molecule has 0 aliphatic rings. The summed E-state index contributed by atoms with van der Waals surface area (Å²) in [6, 6.07) is 0. The molecule has 0 aromatic heterocycles. The van der Waals surface area contributed by atoms with Gasteiger partial charge in [0.05, 0.1) is 0 Å². The topological polar surface area (TPSA) is 21.6 Å². The Morgan fingerprint density at radius 1 is 1.44 bits per heavy atom. The molecule has 0 spiro atoms. The van der Waals surface area contributed by atoms with Crippen molar-refractivity contribution in [3.05, 3.63) is 0 Å². The Morgan fingerprint density at radius 2 is 2.22 bits per heavy atom. The number of hydrogen-bond acceptors (Lipinski definition) is 2. The second kappa shape index (κ2) is 7.47. The minimum atomic E-state index is 0.726. The van der Waals surface area contributed by atoms with Crippen LogP contribution in [0, 0.1) is 0 Å². The molecule has 0 aliphatic carbocycles. The monoisotopic (exact) mass is 128 g/mol. The van der Waals surface area contributed by atoms with Crippen LogP contribution in [0.15, 0.2) is 5.16 Å². The maximum Gasteiger partial charge on any atom is 0.117 e. The molecule has 0 rings (SSSR count). The van der Waals surface area contributed by atoms with E-state index in [0.717, 1.165) is 25.9 Å². The van der Waals surface area contributed by atoms with Gasteiger partial charge in [-0.3, -0.25) is 0 Å². The summed E-state index contributed by atoms with van der Waals surface area (Å²) in [7, 11) is 0. The van der Waals surface area contributed by atoms with Crippen molar-refractivity contribution in [2.24, 2.45) is 5.16 Å². The molecule has 53 valence electrons. The number of rotatable bonds is 5. The quantitative estimate of drug-likeness (QED) is 0.315. The molecule has 0 saturated carbocycles. The minimum absolute atomic E-state index is 0.726. The molecule has 1 radical (unpaired) electrons. The van der Waals surface area contributed by atoms with Gasteiger partial charge in [-0.25, -0.2) is 0 Å². The van der Waals surface area contributed by atoms with Crippen molar-refractivity contribution in [3.8, 4) is 0 Å². The van der Waals surface area contributed by atoms with E-state index in [1.165, 1.54) is 0 Å². The van der Waals surface area contributed by atoms with Crippen LogP contribution < -0.4 is 0 Å². The summed E-state index contributed by atoms with van der Waals surface area (Å²) >= 11 is 0. The molecular formula is C7H14NO. The summed E-state index contributed by atoms with van der Waals surface area (Å²) in [5.41, 5.74) is 0. The Hall–Kier alpha value is -0.530. The average molecular weight is 128 g/mol. The lowest BCUT2D eigenvalue weighted by molar-refractivity contribution is 0.142. The van der Waals surface area contributed by atoms with Crippen molar-refractivity contribution in [3.63, 3.8) is 0 Å². The molecule has 2 heteroatoms. The van der Waals surface area contributed by atoms with E-state index in [9.17, 15) is 0 Å². The number of unbranched alkanes of at least 4 members (excludes halogenated alkanes) is 1. The molecule has 9 heavy (non-hydrogen) atoms. The van der Waals surface area contributed by atoms with Gasteiger partial charge >= 0.3 is 0 Å². The van der Waals surface area contributed by atoms with Crippen molar-refractivity contribution in [2.45, 2.75) is 33.1 Å². The summed E-state index contributed by atoms with van der Waals surface area (Å²) in [6.07, 6.45) is 5.77. The van der Waals surface area contributed by atoms with E-state index in [0.29, 0.717) is 0 Å². The van der Waals surface area contributed by atoms with Crippen LogP contribution in [0.25, 0.3) is 0 Å². The highest BCUT2D eigenvalue weighted by molar-refractivity contribution is 5.55. The van der Waals surface area contributed by atoms with Crippen molar-refractivity contribution < 1.29 is 4.84 Å². The number of nitrogens with zero attached hydrogens (tertiary/aromatic N) is 1. The summed E-state index contributed by atoms with van der Waals surface area (Å²) < 4.78 is 0. The highest BCUT2D eigenvalue weighted by atomic mass is 16.6. The van der Waals surface area contributed by atoms with E-state index in [-0.39, 0.29) is 0 Å². The molecule has 0 unspecified atom stereocenters. The molecule has 0 amide bonds. The van der Waals surface area contributed by atoms with Crippen LogP contribution >= 0.6 is 0 Å². The predicted octanol–water partition coefficient (Wildman–Crippen LogP) is 2.08. The third kappa shape index (κ3) is 7.47. The van der Waals surface area contributed by atoms with Crippen LogP contribution in [0.1, 0.15) is 33.1 Å². The molecule has 0 aliphatic heterocycles. The van der Waals surface area contributed by atoms with Gasteiger partial charge in [0.2, 0.25) is 0 Å². The van der Waals surface area contributed by atoms with Gasteiger partial charge in [0, 0.05) is 0 Å². The first-order valence-corrected chi connectivity index (χ1v) is 3.46. The maximum atomic E-state index is 4.83. The Labute approximate surface area is 56.9 Å². The van der Waals surface area contributed by atoms with Gasteiger partial charge in [-0.2, -0.15) is 0 Å². The number of hydrogen-bond donors (Lipinski definition) is 0. The zero-order chi connectivity index (χ0) is 6.95. The molecule has 2 nitrogen and oxygen atoms in total. The van der Waals surface area contributed by atoms with Crippen molar-refractivity contribution in [2.75, 3.05) is 6.61 Å². The molecule has 0 aromatic rings. The van der Waals surface area contributed by atoms with E-state index in [4.69, 9.17) is 4.84 Å². The van der Waals surface area contributed by atoms with E-state index in [1.807, 2.05) is 6.92 Å². The first-order chi connectivity index (χ1) is 4.41. The molecule has 0 aromatic carbocycles. The summed E-state index contributed by atoms with van der Waals surface area (Å²) in [4.78, 5) is 4.83. The molecule has 0 heterocycles. The SMILES string of the molecule is CC/[C]=N\OCCCC. The van der Waals surface area contributed by atoms with Crippen LogP contribution in [0.2, 0.25) is 0 Å². The molecule has 0 atom stereocenters. The zero-order valence-electron chi connectivity index (χ0n) is 6.18. The average Bonchev–Trinajstić information content (AvgIpc) is 1.89. The van der Waals surface area contributed by atoms with Crippen LogP contribution in [0.3, 0.4) is 0 Å². The van der Waals surface area contributed by atoms with Gasteiger partial charge in [-0.1, -0.05) is 25.4 Å². The molecule has 0 bridgehead atoms. The third-order valence-corrected chi connectivity index (χ3v) is 0.876. The molecule has 0 N–H and O–H groups in total. The largest absolute Gasteiger partial charge is 0.396 e. The van der Waals surface area contributed by atoms with Crippen molar-refractivity contribution in [1.29, 1.82) is 0 Å². The highest BCUT2D eigenvalue weighted by Crippen LogP contribution is 1.87. The van der Waals surface area contributed by atoms with Crippen LogP contribution in [-0.4, -0.2) is 12.8 Å². The standard InChI is InChI=1S/C7H14NO/c1-3-5-7-9-8-6-4-2/h3-5,7H2,1-2H3. The lowest BCUT2D eigenvalue weighted by Crippen LogP contribution is -1.85. The second-order valence-electron chi connectivity index (χ2n) is 1.79. The summed E-state index contributed by atoms with van der Waals surface area (Å²) in [5, 5.41) is 3.58. The zero-order valence-corrected chi connectivity index (χ0v) is 6.18. The Bertz CT molecular complexity index is 71.3. The first kappa shape index (κ1) is 8.47. The van der Waals surface area contributed by atoms with Crippen LogP contribution in [-0.2, 0) is 4.84 Å². The molecular weight excluding hydrogens is 114 g/mol. The first-order valence-electron chi connectivity index (χ1n) is 3.46. The third-order valence-electron chi connectivity index (χ3n) is 0.876. The Kier molecular flexibility index (Phi) is 7.03. The smallest absolute Gasteiger partial charge is 0.117 e. The van der Waals surface area contributed by atoms with Gasteiger partial charge < -0.3 is 4.84 Å². The van der Waals surface area contributed by atoms with Gasteiger partial charge in [0.15, 0.2) is 0 Å². The second-order valence-corrected chi connectivity index (χ2v) is 1.79. The summed E-state index contributed by atoms with van der Waals surface area (Å²) in [6.45, 7) is 4.83. The van der Waals surface area contributed by atoms with Crippen LogP contribution in [0.4, 0.5) is 0 Å². The van der Waals surface area contributed by atoms with Gasteiger partial charge in [-0.05, 0) is 12.8 Å². The van der Waals surface area contributed by atoms with E-state index in [2.05, 4.69) is 18.3 Å². The lowest BCUT2D eigenvalue weighted by atomic mass is 10.4. The normalized spacial score (nSPS) is 10.4. The molecule has 0 fully saturated rings. The van der Waals surface area contributed by atoms with E-state index < -0.39 is 0 Å². The lowest BCUT2D eigenvalue weighted by Gasteiger charge is -1.93. The van der Waals surface area contributed by atoms with Gasteiger partial charge in [-0.15, -0.1) is 0 Å². The highest BCUT2D eigenvalue weighted by Gasteiger charge is 1.79. The molecule has 0 saturated heterocycles. The van der Waals surface area contributed by atoms with Gasteiger partial charge in [0.1, 0.15) is 12.8 Å². The van der Waals surface area contributed by atoms with Crippen molar-refractivity contribution >= 4 is 6.21 Å². The fourth-order valence-corrected chi connectivity index (χ4v) is 0.365. The van der Waals surface area contributed by atoms with Gasteiger partial charge in [0.25, 0.3) is 0 Å². The summed E-state index contributed by atoms with van der Waals surface area (Å²) in [5.74, 6) is 0.